The Hall–Kier alpha value is -1.63. The summed E-state index contributed by atoms with van der Waals surface area (Å²) in [7, 11) is 0. The van der Waals surface area contributed by atoms with Crippen LogP contribution in [0.15, 0.2) is 42.5 Å². The quantitative estimate of drug-likeness (QED) is 0.699. The van der Waals surface area contributed by atoms with Crippen LogP contribution in [0, 0.1) is 6.92 Å². The fourth-order valence-corrected chi connectivity index (χ4v) is 4.51. The Labute approximate surface area is 128 Å². The maximum atomic E-state index is 2.59. The second-order valence-electron chi connectivity index (χ2n) is 6.26. The van der Waals surface area contributed by atoms with Crippen molar-refractivity contribution >= 4 is 0 Å². The molecule has 1 heteroatoms. The number of benzene rings is 1. The van der Waals surface area contributed by atoms with Gasteiger partial charge in [-0.05, 0) is 30.5 Å². The molecule has 1 nitrogen and oxygen atoms in total. The third-order valence-electron chi connectivity index (χ3n) is 5.57. The molecule has 1 aliphatic rings. The minimum Gasteiger partial charge on any atom is -0.192 e. The molecule has 2 aromatic rings. The van der Waals surface area contributed by atoms with E-state index in [1.807, 2.05) is 0 Å². The second kappa shape index (κ2) is 5.29. The lowest BCUT2D eigenvalue weighted by atomic mass is 9.65. The van der Waals surface area contributed by atoms with Crippen LogP contribution in [0.3, 0.4) is 0 Å². The van der Waals surface area contributed by atoms with Crippen molar-refractivity contribution in [1.29, 1.82) is 0 Å². The van der Waals surface area contributed by atoms with Crippen LogP contribution in [0.4, 0.5) is 0 Å². The van der Waals surface area contributed by atoms with Gasteiger partial charge in [0.1, 0.15) is 0 Å². The van der Waals surface area contributed by atoms with E-state index in [2.05, 4.69) is 74.7 Å². The Morgan fingerprint density at radius 2 is 1.67 bits per heavy atom. The summed E-state index contributed by atoms with van der Waals surface area (Å²) in [6, 6.07) is 16.3. The van der Waals surface area contributed by atoms with Gasteiger partial charge in [0.2, 0.25) is 5.69 Å². The van der Waals surface area contributed by atoms with Crippen LogP contribution in [0.2, 0.25) is 0 Å². The molecule has 0 amide bonds. The molecule has 1 aliphatic heterocycles. The monoisotopic (exact) mass is 280 g/mol. The van der Waals surface area contributed by atoms with Gasteiger partial charge in [-0.2, -0.15) is 4.57 Å². The van der Waals surface area contributed by atoms with Gasteiger partial charge in [0.25, 0.3) is 0 Å². The van der Waals surface area contributed by atoms with Gasteiger partial charge in [0.05, 0.1) is 11.0 Å². The molecule has 1 atom stereocenters. The van der Waals surface area contributed by atoms with Crippen molar-refractivity contribution in [2.24, 2.45) is 0 Å². The Morgan fingerprint density at radius 3 is 2.33 bits per heavy atom. The van der Waals surface area contributed by atoms with Crippen molar-refractivity contribution in [3.05, 3.63) is 53.7 Å². The van der Waals surface area contributed by atoms with Crippen LogP contribution in [0.1, 0.15) is 57.3 Å². The highest BCUT2D eigenvalue weighted by molar-refractivity contribution is 5.65. The minimum absolute atomic E-state index is 0.259. The van der Waals surface area contributed by atoms with E-state index in [1.165, 1.54) is 36.2 Å². The number of fused-ring (bicyclic) bond motifs is 3. The fraction of sp³-hybridized carbons (Fsp3) is 0.450. The summed E-state index contributed by atoms with van der Waals surface area (Å²) in [5.41, 5.74) is 5.99. The van der Waals surface area contributed by atoms with E-state index in [0.29, 0.717) is 6.04 Å². The zero-order chi connectivity index (χ0) is 15.0. The Morgan fingerprint density at radius 1 is 0.952 bits per heavy atom. The number of nitrogens with zero attached hydrogens (tertiary/aromatic N) is 1. The first kappa shape index (κ1) is 14.3. The van der Waals surface area contributed by atoms with E-state index in [1.54, 1.807) is 5.56 Å². The van der Waals surface area contributed by atoms with Crippen molar-refractivity contribution in [2.75, 3.05) is 0 Å². The molecule has 1 aromatic carbocycles. The molecule has 1 aromatic heterocycles. The molecule has 0 saturated carbocycles. The molecule has 2 heterocycles. The highest BCUT2D eigenvalue weighted by Crippen LogP contribution is 2.48. The molecule has 21 heavy (non-hydrogen) atoms. The lowest BCUT2D eigenvalue weighted by molar-refractivity contribution is -0.730. The number of rotatable bonds is 3. The Bertz CT molecular complexity index is 653. The van der Waals surface area contributed by atoms with Crippen molar-refractivity contribution in [3.63, 3.8) is 0 Å². The average Bonchev–Trinajstić information content (AvgIpc) is 2.54. The van der Waals surface area contributed by atoms with Gasteiger partial charge in [0, 0.05) is 25.5 Å². The first-order chi connectivity index (χ1) is 10.2. The largest absolute Gasteiger partial charge is 0.213 e. The molecule has 0 saturated heterocycles. The molecule has 3 rings (SSSR count). The Kier molecular flexibility index (Phi) is 3.61. The maximum absolute atomic E-state index is 2.59. The van der Waals surface area contributed by atoms with Crippen molar-refractivity contribution < 1.29 is 4.57 Å². The maximum Gasteiger partial charge on any atom is 0.213 e. The summed E-state index contributed by atoms with van der Waals surface area (Å²) in [6.45, 7) is 9.29. The number of aromatic nitrogens is 1. The fourth-order valence-electron chi connectivity index (χ4n) is 4.51. The normalized spacial score (nSPS) is 19.0. The molecule has 0 fully saturated rings. The first-order valence-corrected chi connectivity index (χ1v) is 8.30. The van der Waals surface area contributed by atoms with Crippen LogP contribution in [-0.2, 0) is 5.41 Å². The summed E-state index contributed by atoms with van der Waals surface area (Å²) in [6.07, 6.45) is 3.57. The zero-order valence-electron chi connectivity index (χ0n) is 13.7. The van der Waals surface area contributed by atoms with Crippen molar-refractivity contribution in [3.8, 4) is 11.3 Å². The number of hydrogen-bond acceptors (Lipinski definition) is 0. The standard InChI is InChI=1S/C20H26N/c1-5-19-20(6-2,7-3)17-13-9-8-12-16(17)18-14-10-11-15(4)21(18)19/h8-14,19H,5-7H2,1-4H3/q+1. The molecule has 0 aliphatic carbocycles. The van der Waals surface area contributed by atoms with Gasteiger partial charge in [0.15, 0.2) is 11.7 Å². The van der Waals surface area contributed by atoms with Gasteiger partial charge < -0.3 is 0 Å². The highest BCUT2D eigenvalue weighted by Gasteiger charge is 2.49. The highest BCUT2D eigenvalue weighted by atomic mass is 15.1. The second-order valence-corrected chi connectivity index (χ2v) is 6.26. The average molecular weight is 280 g/mol. The SMILES string of the molecule is CCC1[n+]2c(C)cccc2-c2ccccc2C1(CC)CC. The third kappa shape index (κ3) is 1.87. The van der Waals surface area contributed by atoms with Crippen LogP contribution >= 0.6 is 0 Å². The van der Waals surface area contributed by atoms with Crippen molar-refractivity contribution in [2.45, 2.75) is 58.4 Å². The van der Waals surface area contributed by atoms with Gasteiger partial charge in [-0.15, -0.1) is 0 Å². The smallest absolute Gasteiger partial charge is 0.192 e. The van der Waals surface area contributed by atoms with Crippen LogP contribution in [0.5, 0.6) is 0 Å². The molecule has 1 unspecified atom stereocenters. The van der Waals surface area contributed by atoms with Crippen LogP contribution < -0.4 is 4.57 Å². The number of hydrogen-bond donors (Lipinski definition) is 0. The molecule has 110 valence electrons. The summed E-state index contributed by atoms with van der Waals surface area (Å²) >= 11 is 0. The lowest BCUT2D eigenvalue weighted by Crippen LogP contribution is -2.56. The van der Waals surface area contributed by atoms with Gasteiger partial charge in [-0.25, -0.2) is 0 Å². The topological polar surface area (TPSA) is 3.88 Å². The summed E-state index contributed by atoms with van der Waals surface area (Å²) in [5.74, 6) is 0. The van der Waals surface area contributed by atoms with Crippen LogP contribution in [0.25, 0.3) is 11.3 Å². The summed E-state index contributed by atoms with van der Waals surface area (Å²) in [4.78, 5) is 0. The summed E-state index contributed by atoms with van der Waals surface area (Å²) in [5, 5.41) is 0. The predicted molar refractivity (Wildman–Crippen MR) is 88.4 cm³/mol. The third-order valence-corrected chi connectivity index (χ3v) is 5.57. The molecule has 0 bridgehead atoms. The molecule has 0 spiro atoms. The van der Waals surface area contributed by atoms with Crippen molar-refractivity contribution in [1.82, 2.24) is 0 Å². The molecular weight excluding hydrogens is 254 g/mol. The predicted octanol–water partition coefficient (Wildman–Crippen LogP) is 4.97. The zero-order valence-corrected chi connectivity index (χ0v) is 13.7. The lowest BCUT2D eigenvalue weighted by Gasteiger charge is -2.41. The van der Waals surface area contributed by atoms with E-state index in [9.17, 15) is 0 Å². The van der Waals surface area contributed by atoms with Crippen LogP contribution in [-0.4, -0.2) is 0 Å². The van der Waals surface area contributed by atoms with E-state index < -0.39 is 0 Å². The first-order valence-electron chi connectivity index (χ1n) is 8.30. The summed E-state index contributed by atoms with van der Waals surface area (Å²) < 4.78 is 2.59. The molecule has 0 radical (unpaired) electrons. The van der Waals surface area contributed by atoms with Gasteiger partial charge >= 0.3 is 0 Å². The minimum atomic E-state index is 0.259. The molecular formula is C20H26N+. The van der Waals surface area contributed by atoms with E-state index >= 15 is 0 Å². The van der Waals surface area contributed by atoms with E-state index in [4.69, 9.17) is 0 Å². The van der Waals surface area contributed by atoms with Gasteiger partial charge in [-0.1, -0.05) is 39.0 Å². The van der Waals surface area contributed by atoms with Gasteiger partial charge in [-0.3, -0.25) is 0 Å². The van der Waals surface area contributed by atoms with E-state index in [-0.39, 0.29) is 5.41 Å². The Balaban J connectivity index is 2.40. The number of aryl methyl sites for hydroxylation is 1. The number of pyridine rings is 1. The van der Waals surface area contributed by atoms with E-state index in [0.717, 1.165) is 0 Å². The molecule has 0 N–H and O–H groups in total.